The van der Waals surface area contributed by atoms with Gasteiger partial charge in [0, 0.05) is 18.4 Å². The zero-order chi connectivity index (χ0) is 13.9. The van der Waals surface area contributed by atoms with Crippen molar-refractivity contribution >= 4 is 5.69 Å². The van der Waals surface area contributed by atoms with Crippen molar-refractivity contribution in [3.05, 3.63) is 48.0 Å². The Labute approximate surface area is 106 Å². The maximum Gasteiger partial charge on any atom is 0.419 e. The normalized spacial score (nSPS) is 11.6. The van der Waals surface area contributed by atoms with Crippen molar-refractivity contribution < 1.29 is 17.6 Å². The first-order valence-corrected chi connectivity index (χ1v) is 5.54. The molecule has 0 saturated heterocycles. The zero-order valence-corrected chi connectivity index (χ0v) is 9.78. The molecule has 0 spiro atoms. The standard InChI is InChI=1S/C12H11F4N3/c13-10-1-3-11(4-2-10)17-5-6-19-8-9(7-18-19)12(14,15)16/h1-4,7-8,17H,5-6H2. The van der Waals surface area contributed by atoms with Gasteiger partial charge in [-0.1, -0.05) is 0 Å². The fourth-order valence-electron chi connectivity index (χ4n) is 1.51. The minimum absolute atomic E-state index is 0.285. The summed E-state index contributed by atoms with van der Waals surface area (Å²) in [4.78, 5) is 0. The lowest BCUT2D eigenvalue weighted by molar-refractivity contribution is -0.137. The maximum atomic E-state index is 12.6. The van der Waals surface area contributed by atoms with Crippen LogP contribution < -0.4 is 5.32 Å². The van der Waals surface area contributed by atoms with Gasteiger partial charge in [-0.15, -0.1) is 0 Å². The Kier molecular flexibility index (Phi) is 3.73. The van der Waals surface area contributed by atoms with Crippen LogP contribution in [0.15, 0.2) is 36.7 Å². The number of hydrogen-bond donors (Lipinski definition) is 1. The van der Waals surface area contributed by atoms with Crippen molar-refractivity contribution in [2.24, 2.45) is 0 Å². The van der Waals surface area contributed by atoms with Gasteiger partial charge >= 0.3 is 6.18 Å². The molecule has 1 heterocycles. The molecule has 3 nitrogen and oxygen atoms in total. The summed E-state index contributed by atoms with van der Waals surface area (Å²) in [5.41, 5.74) is -0.0705. The molecule has 0 radical (unpaired) electrons. The van der Waals surface area contributed by atoms with Gasteiger partial charge in [0.15, 0.2) is 0 Å². The molecule has 1 N–H and O–H groups in total. The molecule has 0 aliphatic rings. The fourth-order valence-corrected chi connectivity index (χ4v) is 1.51. The van der Waals surface area contributed by atoms with Crippen LogP contribution in [0.5, 0.6) is 0 Å². The number of aromatic nitrogens is 2. The molecule has 2 aromatic rings. The van der Waals surface area contributed by atoms with Crippen molar-refractivity contribution in [3.8, 4) is 0 Å². The second-order valence-electron chi connectivity index (χ2n) is 3.92. The maximum absolute atomic E-state index is 12.6. The predicted octanol–water partition coefficient (Wildman–Crippen LogP) is 3.15. The number of anilines is 1. The lowest BCUT2D eigenvalue weighted by atomic mass is 10.3. The number of nitrogens with one attached hydrogen (secondary N) is 1. The first-order chi connectivity index (χ1) is 8.95. The minimum atomic E-state index is -4.37. The van der Waals surface area contributed by atoms with E-state index >= 15 is 0 Å². The minimum Gasteiger partial charge on any atom is -0.383 e. The molecule has 0 fully saturated rings. The van der Waals surface area contributed by atoms with E-state index in [4.69, 9.17) is 0 Å². The quantitative estimate of drug-likeness (QED) is 0.867. The molecule has 0 saturated carbocycles. The molecule has 102 valence electrons. The van der Waals surface area contributed by atoms with Gasteiger partial charge < -0.3 is 5.32 Å². The van der Waals surface area contributed by atoms with E-state index in [1.54, 1.807) is 12.1 Å². The second-order valence-corrected chi connectivity index (χ2v) is 3.92. The highest BCUT2D eigenvalue weighted by Crippen LogP contribution is 2.28. The lowest BCUT2D eigenvalue weighted by Crippen LogP contribution is -2.11. The van der Waals surface area contributed by atoms with E-state index in [2.05, 4.69) is 10.4 Å². The summed E-state index contributed by atoms with van der Waals surface area (Å²) in [7, 11) is 0. The average Bonchev–Trinajstić information content (AvgIpc) is 2.80. The Bertz CT molecular complexity index is 531. The Morgan fingerprint density at radius 2 is 1.84 bits per heavy atom. The molecule has 1 aromatic carbocycles. The van der Waals surface area contributed by atoms with E-state index in [0.29, 0.717) is 12.2 Å². The number of benzene rings is 1. The summed E-state index contributed by atoms with van der Waals surface area (Å²) < 4.78 is 50.8. The molecule has 0 aliphatic heterocycles. The van der Waals surface area contributed by atoms with Gasteiger partial charge in [0.05, 0.1) is 18.3 Å². The molecule has 0 unspecified atom stereocenters. The SMILES string of the molecule is Fc1ccc(NCCn2cc(C(F)(F)F)cn2)cc1. The van der Waals surface area contributed by atoms with Gasteiger partial charge in [0.2, 0.25) is 0 Å². The van der Waals surface area contributed by atoms with Gasteiger partial charge in [-0.3, -0.25) is 4.68 Å². The van der Waals surface area contributed by atoms with Crippen molar-refractivity contribution in [1.29, 1.82) is 0 Å². The molecule has 19 heavy (non-hydrogen) atoms. The molecule has 0 bridgehead atoms. The van der Waals surface area contributed by atoms with Crippen LogP contribution in [0.1, 0.15) is 5.56 Å². The van der Waals surface area contributed by atoms with Crippen molar-refractivity contribution in [1.82, 2.24) is 9.78 Å². The van der Waals surface area contributed by atoms with Crippen molar-refractivity contribution in [2.45, 2.75) is 12.7 Å². The smallest absolute Gasteiger partial charge is 0.383 e. The first kappa shape index (κ1) is 13.4. The average molecular weight is 273 g/mol. The summed E-state index contributed by atoms with van der Waals surface area (Å²) in [6.07, 6.45) is -2.63. The van der Waals surface area contributed by atoms with Gasteiger partial charge in [0.25, 0.3) is 0 Å². The fraction of sp³-hybridized carbons (Fsp3) is 0.250. The molecule has 0 atom stereocenters. The van der Waals surface area contributed by atoms with E-state index in [-0.39, 0.29) is 12.4 Å². The van der Waals surface area contributed by atoms with Gasteiger partial charge in [-0.25, -0.2) is 4.39 Å². The van der Waals surface area contributed by atoms with Gasteiger partial charge in [-0.2, -0.15) is 18.3 Å². The third-order valence-electron chi connectivity index (χ3n) is 2.47. The van der Waals surface area contributed by atoms with Crippen LogP contribution in [-0.4, -0.2) is 16.3 Å². The summed E-state index contributed by atoms with van der Waals surface area (Å²) in [6.45, 7) is 0.679. The Balaban J connectivity index is 1.86. The molecule has 1 aromatic heterocycles. The van der Waals surface area contributed by atoms with E-state index in [1.807, 2.05) is 0 Å². The third kappa shape index (κ3) is 3.70. The van der Waals surface area contributed by atoms with Crippen LogP contribution in [0.4, 0.5) is 23.2 Å². The summed E-state index contributed by atoms with van der Waals surface area (Å²) >= 11 is 0. The number of halogens is 4. The predicted molar refractivity (Wildman–Crippen MR) is 62.1 cm³/mol. The second kappa shape index (κ2) is 5.29. The van der Waals surface area contributed by atoms with Crippen LogP contribution in [-0.2, 0) is 12.7 Å². The third-order valence-corrected chi connectivity index (χ3v) is 2.47. The number of rotatable bonds is 4. The number of nitrogens with zero attached hydrogens (tertiary/aromatic N) is 2. The highest BCUT2D eigenvalue weighted by atomic mass is 19.4. The number of hydrogen-bond acceptors (Lipinski definition) is 2. The highest BCUT2D eigenvalue weighted by molar-refractivity contribution is 5.42. The first-order valence-electron chi connectivity index (χ1n) is 5.54. The summed E-state index contributed by atoms with van der Waals surface area (Å²) in [6, 6.07) is 5.72. The van der Waals surface area contributed by atoms with Gasteiger partial charge in [0.1, 0.15) is 5.82 Å². The molecule has 2 rings (SSSR count). The van der Waals surface area contributed by atoms with E-state index in [1.165, 1.54) is 16.8 Å². The number of alkyl halides is 3. The monoisotopic (exact) mass is 273 g/mol. The van der Waals surface area contributed by atoms with Crippen LogP contribution in [0.25, 0.3) is 0 Å². The van der Waals surface area contributed by atoms with Crippen LogP contribution in [0, 0.1) is 5.82 Å². The largest absolute Gasteiger partial charge is 0.419 e. The van der Waals surface area contributed by atoms with E-state index in [0.717, 1.165) is 12.4 Å². The van der Waals surface area contributed by atoms with Crippen molar-refractivity contribution in [2.75, 3.05) is 11.9 Å². The molecule has 0 amide bonds. The Morgan fingerprint density at radius 3 is 2.42 bits per heavy atom. The summed E-state index contributed by atoms with van der Waals surface area (Å²) in [5, 5.41) is 6.58. The van der Waals surface area contributed by atoms with E-state index < -0.39 is 11.7 Å². The highest BCUT2D eigenvalue weighted by Gasteiger charge is 2.32. The van der Waals surface area contributed by atoms with Crippen molar-refractivity contribution in [3.63, 3.8) is 0 Å². The zero-order valence-electron chi connectivity index (χ0n) is 9.78. The lowest BCUT2D eigenvalue weighted by Gasteiger charge is -2.06. The molecule has 0 aliphatic carbocycles. The van der Waals surface area contributed by atoms with Gasteiger partial charge in [-0.05, 0) is 24.3 Å². The topological polar surface area (TPSA) is 29.9 Å². The molecular weight excluding hydrogens is 262 g/mol. The Hall–Kier alpha value is -2.05. The Morgan fingerprint density at radius 1 is 1.16 bits per heavy atom. The molecule has 7 heteroatoms. The van der Waals surface area contributed by atoms with Crippen LogP contribution in [0.3, 0.4) is 0 Å². The molecular formula is C12H11F4N3. The van der Waals surface area contributed by atoms with E-state index in [9.17, 15) is 17.6 Å². The summed E-state index contributed by atoms with van der Waals surface area (Å²) in [5.74, 6) is -0.340. The van der Waals surface area contributed by atoms with Crippen LogP contribution in [0.2, 0.25) is 0 Å². The van der Waals surface area contributed by atoms with Crippen LogP contribution >= 0.6 is 0 Å².